The maximum absolute atomic E-state index is 11.1. The largest absolute Gasteiger partial charge is 0.390 e. The summed E-state index contributed by atoms with van der Waals surface area (Å²) in [4.78, 5) is 0. The highest BCUT2D eigenvalue weighted by atomic mass is 16.6. The van der Waals surface area contributed by atoms with E-state index in [1.807, 2.05) is 0 Å². The van der Waals surface area contributed by atoms with Crippen molar-refractivity contribution in [1.29, 1.82) is 0 Å². The Balaban J connectivity index is 1.23. The van der Waals surface area contributed by atoms with Crippen LogP contribution in [0.2, 0.25) is 0 Å². The molecule has 5 fully saturated rings. The number of rotatable bonds is 20. The third-order valence-corrected chi connectivity index (χ3v) is 6.14. The Morgan fingerprint density at radius 3 is 1.72 bits per heavy atom. The molecule has 0 aromatic carbocycles. The molecule has 5 aliphatic heterocycles. The van der Waals surface area contributed by atoms with Crippen LogP contribution in [0.5, 0.6) is 0 Å². The molecule has 5 heterocycles. The number of hydrogen-bond acceptors (Lipinski definition) is 10. The van der Waals surface area contributed by atoms with Gasteiger partial charge in [-0.15, -0.1) is 0 Å². The van der Waals surface area contributed by atoms with Crippen LogP contribution in [-0.4, -0.2) is 126 Å². The lowest BCUT2D eigenvalue weighted by molar-refractivity contribution is -0.184. The van der Waals surface area contributed by atoms with Crippen LogP contribution in [0.15, 0.2) is 0 Å². The number of ether oxygens (including phenoxy) is 9. The van der Waals surface area contributed by atoms with Crippen LogP contribution >= 0.6 is 0 Å². The summed E-state index contributed by atoms with van der Waals surface area (Å²) >= 11 is 0. The van der Waals surface area contributed by atoms with E-state index in [1.165, 1.54) is 0 Å². The zero-order valence-electron chi connectivity index (χ0n) is 18.5. The summed E-state index contributed by atoms with van der Waals surface area (Å²) in [5.41, 5.74) is 0. The number of hydrogen-bond donors (Lipinski definition) is 1. The molecule has 10 nitrogen and oxygen atoms in total. The Morgan fingerprint density at radius 1 is 0.656 bits per heavy atom. The first-order valence-electron chi connectivity index (χ1n) is 11.9. The van der Waals surface area contributed by atoms with Gasteiger partial charge in [0.05, 0.1) is 78.3 Å². The van der Waals surface area contributed by atoms with Crippen molar-refractivity contribution < 1.29 is 47.7 Å². The second-order valence-corrected chi connectivity index (χ2v) is 9.28. The SMILES string of the molecule is OC(CCCC1CO1)C(OCC1CO1)C(OCC1CO1)C(COCC1CO1)OCC1CO1. The van der Waals surface area contributed by atoms with Crippen LogP contribution in [-0.2, 0) is 42.6 Å². The fourth-order valence-corrected chi connectivity index (χ4v) is 3.67. The van der Waals surface area contributed by atoms with E-state index >= 15 is 0 Å². The van der Waals surface area contributed by atoms with Crippen molar-refractivity contribution >= 4 is 0 Å². The summed E-state index contributed by atoms with van der Waals surface area (Å²) in [6.45, 7) is 5.79. The zero-order valence-corrected chi connectivity index (χ0v) is 18.5. The molecule has 5 aliphatic rings. The van der Waals surface area contributed by atoms with Crippen molar-refractivity contribution in [2.45, 2.75) is 74.2 Å². The Morgan fingerprint density at radius 2 is 1.16 bits per heavy atom. The van der Waals surface area contributed by atoms with Crippen molar-refractivity contribution in [2.75, 3.05) is 66.1 Å². The summed E-state index contributed by atoms with van der Waals surface area (Å²) in [6.07, 6.45) is 1.00. The minimum absolute atomic E-state index is 0.0828. The molecule has 5 saturated heterocycles. The predicted octanol–water partition coefficient (Wildman–Crippen LogP) is -0.316. The molecule has 0 bridgehead atoms. The van der Waals surface area contributed by atoms with E-state index in [1.54, 1.807) is 0 Å². The minimum atomic E-state index is -0.701. The quantitative estimate of drug-likeness (QED) is 0.242. The molecule has 0 aliphatic carbocycles. The lowest BCUT2D eigenvalue weighted by atomic mass is 9.98. The zero-order chi connectivity index (χ0) is 21.8. The maximum atomic E-state index is 11.1. The van der Waals surface area contributed by atoms with Crippen LogP contribution in [0, 0.1) is 0 Å². The highest BCUT2D eigenvalue weighted by Gasteiger charge is 2.41. The van der Waals surface area contributed by atoms with Gasteiger partial charge < -0.3 is 47.7 Å². The van der Waals surface area contributed by atoms with Gasteiger partial charge in [-0.25, -0.2) is 0 Å². The van der Waals surface area contributed by atoms with Gasteiger partial charge in [-0.2, -0.15) is 0 Å². The van der Waals surface area contributed by atoms with Crippen LogP contribution in [0.3, 0.4) is 0 Å². The number of aliphatic hydroxyl groups excluding tert-OH is 1. The normalized spacial score (nSPS) is 35.7. The highest BCUT2D eigenvalue weighted by Crippen LogP contribution is 2.26. The topological polar surface area (TPSA) is 120 Å². The van der Waals surface area contributed by atoms with Crippen LogP contribution in [0.25, 0.3) is 0 Å². The molecule has 0 aromatic rings. The molecule has 0 amide bonds. The Labute approximate surface area is 188 Å². The number of aliphatic hydroxyl groups is 1. The van der Waals surface area contributed by atoms with E-state index in [-0.39, 0.29) is 24.4 Å². The van der Waals surface area contributed by atoms with Crippen LogP contribution in [0.4, 0.5) is 0 Å². The van der Waals surface area contributed by atoms with Crippen molar-refractivity contribution in [3.8, 4) is 0 Å². The summed E-state index contributed by atoms with van der Waals surface area (Å²) in [6, 6.07) is 0. The van der Waals surface area contributed by atoms with Gasteiger partial charge in [-0.05, 0) is 19.3 Å². The summed E-state index contributed by atoms with van der Waals surface area (Å²) in [5.74, 6) is 0. The smallest absolute Gasteiger partial charge is 0.115 e. The van der Waals surface area contributed by atoms with Gasteiger partial charge in [0.1, 0.15) is 42.7 Å². The second kappa shape index (κ2) is 11.4. The first-order chi connectivity index (χ1) is 15.7. The van der Waals surface area contributed by atoms with Crippen molar-refractivity contribution in [2.24, 2.45) is 0 Å². The average molecular weight is 461 g/mol. The molecule has 0 spiro atoms. The van der Waals surface area contributed by atoms with E-state index in [9.17, 15) is 5.11 Å². The second-order valence-electron chi connectivity index (χ2n) is 9.28. The van der Waals surface area contributed by atoms with Gasteiger partial charge in [0.2, 0.25) is 0 Å². The van der Waals surface area contributed by atoms with E-state index in [4.69, 9.17) is 42.6 Å². The summed E-state index contributed by atoms with van der Waals surface area (Å²) in [7, 11) is 0. The Hall–Kier alpha value is -0.400. The van der Waals surface area contributed by atoms with Gasteiger partial charge in [0.15, 0.2) is 0 Å². The van der Waals surface area contributed by atoms with E-state index < -0.39 is 24.4 Å². The standard InChI is InChI=1S/C22H36O10/c23-19(3-1-2-14-5-25-14)21(31-11-17-8-28-17)22(32-12-18-9-29-18)20(30-10-16-7-27-16)13-24-4-15-6-26-15/h14-23H,1-13H2. The van der Waals surface area contributed by atoms with E-state index in [0.29, 0.717) is 65.4 Å². The lowest BCUT2D eigenvalue weighted by Gasteiger charge is -2.36. The highest BCUT2D eigenvalue weighted by molar-refractivity contribution is 4.88. The first-order valence-corrected chi connectivity index (χ1v) is 11.9. The first kappa shape index (κ1) is 23.3. The van der Waals surface area contributed by atoms with Crippen molar-refractivity contribution in [1.82, 2.24) is 0 Å². The van der Waals surface area contributed by atoms with Gasteiger partial charge in [0.25, 0.3) is 0 Å². The van der Waals surface area contributed by atoms with Gasteiger partial charge in [-0.3, -0.25) is 0 Å². The molecule has 0 saturated carbocycles. The molecule has 0 radical (unpaired) electrons. The Kier molecular flexibility index (Phi) is 8.28. The molecule has 9 unspecified atom stereocenters. The molecule has 5 rings (SSSR count). The maximum Gasteiger partial charge on any atom is 0.115 e. The number of epoxide rings is 5. The molecule has 10 heteroatoms. The van der Waals surface area contributed by atoms with Gasteiger partial charge in [-0.1, -0.05) is 0 Å². The molecule has 32 heavy (non-hydrogen) atoms. The van der Waals surface area contributed by atoms with Crippen LogP contribution in [0.1, 0.15) is 19.3 Å². The summed E-state index contributed by atoms with van der Waals surface area (Å²) in [5, 5.41) is 11.1. The summed E-state index contributed by atoms with van der Waals surface area (Å²) < 4.78 is 51.1. The molecule has 184 valence electrons. The molecule has 0 aromatic heterocycles. The third-order valence-electron chi connectivity index (χ3n) is 6.14. The van der Waals surface area contributed by atoms with Crippen molar-refractivity contribution in [3.63, 3.8) is 0 Å². The fourth-order valence-electron chi connectivity index (χ4n) is 3.67. The molecular weight excluding hydrogens is 424 g/mol. The molecular formula is C22H36O10. The van der Waals surface area contributed by atoms with Gasteiger partial charge in [0, 0.05) is 0 Å². The third kappa shape index (κ3) is 8.43. The van der Waals surface area contributed by atoms with Crippen LogP contribution < -0.4 is 0 Å². The van der Waals surface area contributed by atoms with E-state index in [2.05, 4.69) is 0 Å². The fraction of sp³-hybridized carbons (Fsp3) is 1.00. The molecule has 1 N–H and O–H groups in total. The van der Waals surface area contributed by atoms with E-state index in [0.717, 1.165) is 26.1 Å². The lowest BCUT2D eigenvalue weighted by Crippen LogP contribution is -2.51. The van der Waals surface area contributed by atoms with Crippen molar-refractivity contribution in [3.05, 3.63) is 0 Å². The van der Waals surface area contributed by atoms with Gasteiger partial charge >= 0.3 is 0 Å². The minimum Gasteiger partial charge on any atom is -0.390 e. The molecule has 9 atom stereocenters. The Bertz CT molecular complexity index is 559. The predicted molar refractivity (Wildman–Crippen MR) is 109 cm³/mol. The average Bonchev–Trinajstić information content (AvgIpc) is 3.62. The monoisotopic (exact) mass is 460 g/mol.